The summed E-state index contributed by atoms with van der Waals surface area (Å²) in [6, 6.07) is 7.59. The monoisotopic (exact) mass is 786 g/mol. The largest absolute Gasteiger partial charge is 0.394 e. The second kappa shape index (κ2) is 18.9. The van der Waals surface area contributed by atoms with E-state index in [-0.39, 0.29) is 5.56 Å². The smallest absolute Gasteiger partial charge is 0.373 e. The Labute approximate surface area is 305 Å². The highest BCUT2D eigenvalue weighted by Gasteiger charge is 2.55. The molecule has 54 heavy (non-hydrogen) atoms. The van der Waals surface area contributed by atoms with Gasteiger partial charge in [-0.1, -0.05) is 18.2 Å². The third kappa shape index (κ3) is 9.02. The second-order valence-corrected chi connectivity index (χ2v) is 13.0. The number of hydrogen-bond acceptors (Lipinski definition) is 23. The van der Waals surface area contributed by atoms with Crippen LogP contribution in [0.5, 0.6) is 0 Å². The fraction of sp³-hybridized carbons (Fsp3) is 0.774. The van der Waals surface area contributed by atoms with Gasteiger partial charge in [-0.05, 0) is 12.1 Å². The summed E-state index contributed by atoms with van der Waals surface area (Å²) in [4.78, 5) is 21.8. The third-order valence-corrected chi connectivity index (χ3v) is 9.41. The van der Waals surface area contributed by atoms with E-state index >= 15 is 0 Å². The van der Waals surface area contributed by atoms with Gasteiger partial charge >= 0.3 is 5.97 Å². The molecule has 1 aromatic carbocycles. The average molecular weight is 787 g/mol. The van der Waals surface area contributed by atoms with E-state index in [9.17, 15) is 71.2 Å². The van der Waals surface area contributed by atoms with E-state index in [2.05, 4.69) is 4.89 Å². The number of rotatable bonds is 13. The molecule has 0 aliphatic carbocycles. The molecule has 0 amide bonds. The number of carbonyl (C=O) groups excluding carboxylic acids is 1. The molecule has 4 aliphatic heterocycles. The fourth-order valence-electron chi connectivity index (χ4n) is 6.32. The molecule has 4 heterocycles. The molecular weight excluding hydrogens is 740 g/mol. The average Bonchev–Trinajstić information content (AvgIpc) is 3.18. The van der Waals surface area contributed by atoms with Crippen molar-refractivity contribution in [2.75, 3.05) is 26.4 Å². The van der Waals surface area contributed by atoms with Crippen molar-refractivity contribution >= 4 is 5.97 Å². The summed E-state index contributed by atoms with van der Waals surface area (Å²) < 4.78 is 38.5. The van der Waals surface area contributed by atoms with E-state index in [0.29, 0.717) is 0 Å². The quantitative estimate of drug-likeness (QED) is 0.0652. The summed E-state index contributed by atoms with van der Waals surface area (Å²) in [5.41, 5.74) is 0.0879. The van der Waals surface area contributed by atoms with E-state index in [1.807, 2.05) is 0 Å². The van der Waals surface area contributed by atoms with Crippen LogP contribution in [0.3, 0.4) is 0 Å². The first-order valence-corrected chi connectivity index (χ1v) is 16.8. The molecule has 1 aromatic rings. The van der Waals surface area contributed by atoms with Crippen molar-refractivity contribution < 1.29 is 114 Å². The van der Waals surface area contributed by atoms with Gasteiger partial charge in [-0.3, -0.25) is 4.89 Å². The molecule has 4 saturated heterocycles. The summed E-state index contributed by atoms with van der Waals surface area (Å²) in [5, 5.41) is 135. The zero-order chi connectivity index (χ0) is 39.4. The number of aliphatic hydroxyl groups excluding tert-OH is 13. The molecule has 0 saturated carbocycles. The van der Waals surface area contributed by atoms with Crippen LogP contribution in [0.2, 0.25) is 0 Å². The van der Waals surface area contributed by atoms with Crippen LogP contribution in [0.4, 0.5) is 0 Å². The first-order chi connectivity index (χ1) is 25.8. The predicted octanol–water partition coefficient (Wildman–Crippen LogP) is -7.95. The molecule has 0 aromatic heterocycles. The number of hydrogen-bond donors (Lipinski definition) is 13. The SMILES string of the molecule is O=C(OO[C@H]1O[C@H](CO)[C@@H](O[C@H]2O[C@H](CO)[C@@H](O[C@H]3O[C@H](CO)[C@@H](O[C@H]4O[C@H](CO)[C@@H](O)[C@H](O)[C@H]4O)[C@H](O)[C@H]3O)[C@H](O)[C@H]2O)[C@H](O)[C@H]1O)c1ccccc1. The van der Waals surface area contributed by atoms with Crippen LogP contribution in [-0.2, 0) is 42.9 Å². The van der Waals surface area contributed by atoms with Gasteiger partial charge in [0.2, 0.25) is 6.29 Å². The highest BCUT2D eigenvalue weighted by atomic mass is 17.2. The lowest BCUT2D eigenvalue weighted by molar-refractivity contribution is -0.415. The minimum Gasteiger partial charge on any atom is -0.394 e. The molecule has 5 rings (SSSR count). The first-order valence-electron chi connectivity index (χ1n) is 16.8. The molecule has 0 spiro atoms. The maximum Gasteiger partial charge on any atom is 0.373 e. The van der Waals surface area contributed by atoms with E-state index in [1.165, 1.54) is 12.1 Å². The van der Waals surface area contributed by atoms with Crippen LogP contribution in [0.25, 0.3) is 0 Å². The molecule has 20 atom stereocenters. The van der Waals surface area contributed by atoms with Crippen LogP contribution < -0.4 is 0 Å². The summed E-state index contributed by atoms with van der Waals surface area (Å²) in [5.74, 6) is -0.965. The lowest BCUT2D eigenvalue weighted by Crippen LogP contribution is -2.67. The predicted molar refractivity (Wildman–Crippen MR) is 165 cm³/mol. The van der Waals surface area contributed by atoms with Crippen LogP contribution in [0, 0.1) is 0 Å². The van der Waals surface area contributed by atoms with Crippen molar-refractivity contribution in [2.45, 2.75) is 123 Å². The minimum absolute atomic E-state index is 0.0879. The maximum absolute atomic E-state index is 12.2. The summed E-state index contributed by atoms with van der Waals surface area (Å²) >= 11 is 0. The van der Waals surface area contributed by atoms with Crippen molar-refractivity contribution in [1.82, 2.24) is 0 Å². The topological polar surface area (TPSA) is 363 Å². The van der Waals surface area contributed by atoms with Gasteiger partial charge in [0, 0.05) is 0 Å². The van der Waals surface area contributed by atoms with Crippen molar-refractivity contribution in [2.24, 2.45) is 0 Å². The number of ether oxygens (including phenoxy) is 7. The molecule has 23 heteroatoms. The Hall–Kier alpha value is -2.15. The molecule has 13 N–H and O–H groups in total. The Bertz CT molecular complexity index is 1300. The molecule has 0 unspecified atom stereocenters. The molecule has 308 valence electrons. The van der Waals surface area contributed by atoms with Crippen LogP contribution >= 0.6 is 0 Å². The van der Waals surface area contributed by atoms with Crippen molar-refractivity contribution in [3.8, 4) is 0 Å². The normalized spacial score (nSPS) is 45.9. The van der Waals surface area contributed by atoms with Gasteiger partial charge in [0.15, 0.2) is 18.9 Å². The fourth-order valence-corrected chi connectivity index (χ4v) is 6.32. The van der Waals surface area contributed by atoms with Gasteiger partial charge in [0.1, 0.15) is 97.7 Å². The second-order valence-electron chi connectivity index (χ2n) is 13.0. The molecule has 4 fully saturated rings. The zero-order valence-corrected chi connectivity index (χ0v) is 28.2. The number of aliphatic hydroxyl groups is 13. The molecular formula is C31H46O23. The first kappa shape index (κ1) is 43.0. The summed E-state index contributed by atoms with van der Waals surface area (Å²) in [7, 11) is 0. The molecule has 0 bridgehead atoms. The van der Waals surface area contributed by atoms with Gasteiger partial charge in [0.25, 0.3) is 0 Å². The number of carbonyl (C=O) groups is 1. The molecule has 0 radical (unpaired) electrons. The van der Waals surface area contributed by atoms with Crippen LogP contribution in [-0.4, -0.2) is 222 Å². The zero-order valence-electron chi connectivity index (χ0n) is 28.2. The van der Waals surface area contributed by atoms with Crippen molar-refractivity contribution in [3.05, 3.63) is 35.9 Å². The van der Waals surface area contributed by atoms with E-state index in [1.54, 1.807) is 18.2 Å². The molecule has 4 aliphatic rings. The lowest BCUT2D eigenvalue weighted by Gasteiger charge is -2.49. The van der Waals surface area contributed by atoms with Crippen LogP contribution in [0.15, 0.2) is 30.3 Å². The standard InChI is InChI=1S/C31H46O23/c32-6-11-15(36)16(37)20(41)28(46-11)50-24-12(7-33)47-29(21(42)17(24)38)51-25-13(8-34)48-30(22(43)18(25)39)52-26-14(9-35)49-31(23(44)19(26)40)54-53-27(45)10-4-2-1-3-5-10/h1-5,11-26,28-44H,6-9H2/t11-,12-,13-,14-,15-,16+,17-,18-,19-,20-,21-,22-,23-,24-,25-,26-,28-,29-,30-,31-/m1/s1. The lowest BCUT2D eigenvalue weighted by atomic mass is 9.95. The number of benzene rings is 1. The van der Waals surface area contributed by atoms with Crippen LogP contribution in [0.1, 0.15) is 10.4 Å². The van der Waals surface area contributed by atoms with Crippen molar-refractivity contribution in [1.29, 1.82) is 0 Å². The van der Waals surface area contributed by atoms with Gasteiger partial charge in [-0.15, -0.1) is 4.89 Å². The Balaban J connectivity index is 1.20. The van der Waals surface area contributed by atoms with E-state index in [0.717, 1.165) is 0 Å². The van der Waals surface area contributed by atoms with E-state index in [4.69, 9.17) is 38.0 Å². The summed E-state index contributed by atoms with van der Waals surface area (Å²) in [6.45, 7) is -3.53. The highest BCUT2D eigenvalue weighted by Crippen LogP contribution is 2.34. The van der Waals surface area contributed by atoms with Gasteiger partial charge in [-0.25, -0.2) is 4.79 Å². The summed E-state index contributed by atoms with van der Waals surface area (Å²) in [6.07, 6.45) is -36.2. The maximum atomic E-state index is 12.2. The Morgan fingerprint density at radius 3 is 1.22 bits per heavy atom. The highest BCUT2D eigenvalue weighted by molar-refractivity contribution is 5.88. The van der Waals surface area contributed by atoms with Gasteiger partial charge in [-0.2, -0.15) is 0 Å². The van der Waals surface area contributed by atoms with Gasteiger partial charge < -0.3 is 99.5 Å². The van der Waals surface area contributed by atoms with E-state index < -0.39 is 155 Å². The Kier molecular flexibility index (Phi) is 15.0. The van der Waals surface area contributed by atoms with Crippen molar-refractivity contribution in [3.63, 3.8) is 0 Å². The molecule has 23 nitrogen and oxygen atoms in total. The van der Waals surface area contributed by atoms with Gasteiger partial charge in [0.05, 0.1) is 32.0 Å². The third-order valence-electron chi connectivity index (χ3n) is 9.41. The minimum atomic E-state index is -2.07. The Morgan fingerprint density at radius 1 is 0.463 bits per heavy atom. The Morgan fingerprint density at radius 2 is 0.815 bits per heavy atom.